The Morgan fingerprint density at radius 2 is 2.12 bits per heavy atom. The molecule has 0 spiro atoms. The molecule has 1 aromatic heterocycles. The predicted octanol–water partition coefficient (Wildman–Crippen LogP) is 2.13. The number of rotatable bonds is 4. The van der Waals surface area contributed by atoms with Crippen molar-refractivity contribution in [3.63, 3.8) is 0 Å². The van der Waals surface area contributed by atoms with Gasteiger partial charge in [0.05, 0.1) is 30.9 Å². The second-order valence-corrected chi connectivity index (χ2v) is 7.48. The minimum absolute atomic E-state index is 0.0291. The van der Waals surface area contributed by atoms with Gasteiger partial charge in [0, 0.05) is 20.6 Å². The lowest BCUT2D eigenvalue weighted by Gasteiger charge is -2.37. The maximum atomic E-state index is 12.7. The molecular weight excluding hydrogens is 318 g/mol. The third kappa shape index (κ3) is 4.50. The lowest BCUT2D eigenvalue weighted by Crippen LogP contribution is -2.46. The number of amides is 1. The van der Waals surface area contributed by atoms with Crippen LogP contribution in [0.25, 0.3) is 0 Å². The fourth-order valence-corrected chi connectivity index (χ4v) is 3.70. The van der Waals surface area contributed by atoms with E-state index in [2.05, 4.69) is 4.98 Å². The van der Waals surface area contributed by atoms with Gasteiger partial charge in [-0.3, -0.25) is 4.79 Å². The topological polar surface area (TPSA) is 65.9 Å². The van der Waals surface area contributed by atoms with E-state index in [1.165, 1.54) is 0 Å². The van der Waals surface area contributed by atoms with Crippen LogP contribution in [0.15, 0.2) is 18.2 Å². The van der Waals surface area contributed by atoms with Crippen molar-refractivity contribution in [2.45, 2.75) is 50.2 Å². The normalized spacial score (nSPS) is 23.3. The number of carbonyl (C=O) groups excluding carboxylic acids is 1. The van der Waals surface area contributed by atoms with E-state index < -0.39 is 5.60 Å². The standard InChI is InChI=1S/C19H29N3O3/c1-21(2)17-8-6-7-15(20-17)16-14-22(11-12-25-16)18(23)13-19(24)9-4-3-5-10-19/h6-8,16,24H,3-5,9-14H2,1-2H3/t16-/m0/s1. The second-order valence-electron chi connectivity index (χ2n) is 7.48. The summed E-state index contributed by atoms with van der Waals surface area (Å²) in [5, 5.41) is 10.7. The molecule has 0 aromatic carbocycles. The molecule has 6 heteroatoms. The van der Waals surface area contributed by atoms with Crippen LogP contribution in [0.5, 0.6) is 0 Å². The molecule has 1 aliphatic carbocycles. The van der Waals surface area contributed by atoms with Crippen LogP contribution < -0.4 is 4.90 Å². The minimum atomic E-state index is -0.813. The molecule has 3 rings (SSSR count). The highest BCUT2D eigenvalue weighted by Gasteiger charge is 2.35. The van der Waals surface area contributed by atoms with Gasteiger partial charge in [-0.25, -0.2) is 4.98 Å². The molecule has 1 saturated heterocycles. The van der Waals surface area contributed by atoms with Gasteiger partial charge in [-0.05, 0) is 25.0 Å². The molecule has 1 aromatic rings. The highest BCUT2D eigenvalue weighted by Crippen LogP contribution is 2.32. The molecule has 0 bridgehead atoms. The molecule has 138 valence electrons. The molecule has 1 N–H and O–H groups in total. The zero-order valence-corrected chi connectivity index (χ0v) is 15.3. The molecule has 6 nitrogen and oxygen atoms in total. The van der Waals surface area contributed by atoms with E-state index in [0.717, 1.165) is 43.6 Å². The van der Waals surface area contributed by atoms with Gasteiger partial charge in [0.1, 0.15) is 11.9 Å². The summed E-state index contributed by atoms with van der Waals surface area (Å²) < 4.78 is 5.86. The largest absolute Gasteiger partial charge is 0.389 e. The summed E-state index contributed by atoms with van der Waals surface area (Å²) in [5.41, 5.74) is 0.0340. The Morgan fingerprint density at radius 3 is 2.84 bits per heavy atom. The third-order valence-corrected chi connectivity index (χ3v) is 5.23. The molecule has 25 heavy (non-hydrogen) atoms. The maximum Gasteiger partial charge on any atom is 0.225 e. The van der Waals surface area contributed by atoms with Gasteiger partial charge in [0.25, 0.3) is 0 Å². The predicted molar refractivity (Wildman–Crippen MR) is 96.5 cm³/mol. The summed E-state index contributed by atoms with van der Waals surface area (Å²) in [6.07, 6.45) is 4.67. The number of carbonyl (C=O) groups is 1. The second kappa shape index (κ2) is 7.70. The van der Waals surface area contributed by atoms with Crippen LogP contribution in [0.1, 0.15) is 50.3 Å². The van der Waals surface area contributed by atoms with Crippen molar-refractivity contribution < 1.29 is 14.6 Å². The molecule has 0 unspecified atom stereocenters. The number of pyridine rings is 1. The highest BCUT2D eigenvalue weighted by atomic mass is 16.5. The zero-order chi connectivity index (χ0) is 17.9. The van der Waals surface area contributed by atoms with Crippen LogP contribution in [-0.2, 0) is 9.53 Å². The van der Waals surface area contributed by atoms with Crippen molar-refractivity contribution in [2.24, 2.45) is 0 Å². The molecule has 1 amide bonds. The number of aromatic nitrogens is 1. The molecule has 2 heterocycles. The fraction of sp³-hybridized carbons (Fsp3) is 0.684. The minimum Gasteiger partial charge on any atom is -0.389 e. The summed E-state index contributed by atoms with van der Waals surface area (Å²) in [7, 11) is 3.91. The highest BCUT2D eigenvalue weighted by molar-refractivity contribution is 5.77. The smallest absolute Gasteiger partial charge is 0.225 e. The van der Waals surface area contributed by atoms with Gasteiger partial charge >= 0.3 is 0 Å². The van der Waals surface area contributed by atoms with Gasteiger partial charge in [0.2, 0.25) is 5.91 Å². The van der Waals surface area contributed by atoms with E-state index in [0.29, 0.717) is 19.7 Å². The Morgan fingerprint density at radius 1 is 1.36 bits per heavy atom. The van der Waals surface area contributed by atoms with Crippen LogP contribution in [0.2, 0.25) is 0 Å². The van der Waals surface area contributed by atoms with Crippen LogP contribution in [-0.4, -0.2) is 60.3 Å². The summed E-state index contributed by atoms with van der Waals surface area (Å²) >= 11 is 0. The van der Waals surface area contributed by atoms with Crippen molar-refractivity contribution in [1.29, 1.82) is 0 Å². The average molecular weight is 347 g/mol. The van der Waals surface area contributed by atoms with Crippen molar-refractivity contribution in [2.75, 3.05) is 38.7 Å². The third-order valence-electron chi connectivity index (χ3n) is 5.23. The Hall–Kier alpha value is -1.66. The van der Waals surface area contributed by atoms with E-state index in [-0.39, 0.29) is 18.4 Å². The van der Waals surface area contributed by atoms with Crippen molar-refractivity contribution >= 4 is 11.7 Å². The number of ether oxygens (including phenoxy) is 1. The SMILES string of the molecule is CN(C)c1cccc([C@@H]2CN(C(=O)CC3(O)CCCCC3)CCO2)n1. The number of hydrogen-bond acceptors (Lipinski definition) is 5. The van der Waals surface area contributed by atoms with Crippen molar-refractivity contribution in [3.8, 4) is 0 Å². The first-order valence-electron chi connectivity index (χ1n) is 9.23. The number of morpholine rings is 1. The van der Waals surface area contributed by atoms with Crippen LogP contribution in [0, 0.1) is 0 Å². The van der Waals surface area contributed by atoms with Crippen LogP contribution >= 0.6 is 0 Å². The Kier molecular flexibility index (Phi) is 5.59. The first-order chi connectivity index (χ1) is 12.0. The molecule has 2 aliphatic rings. The molecule has 0 radical (unpaired) electrons. The molecule has 1 atom stereocenters. The summed E-state index contributed by atoms with van der Waals surface area (Å²) in [6, 6.07) is 5.86. The molecule has 2 fully saturated rings. The van der Waals surface area contributed by atoms with Gasteiger partial charge in [-0.1, -0.05) is 25.3 Å². The van der Waals surface area contributed by atoms with Crippen LogP contribution in [0.3, 0.4) is 0 Å². The fourth-order valence-electron chi connectivity index (χ4n) is 3.70. The van der Waals surface area contributed by atoms with Gasteiger partial charge in [-0.15, -0.1) is 0 Å². The molecular formula is C19H29N3O3. The first kappa shape index (κ1) is 18.1. The average Bonchev–Trinajstić information content (AvgIpc) is 2.62. The summed E-state index contributed by atoms with van der Waals surface area (Å²) in [5.74, 6) is 0.905. The van der Waals surface area contributed by atoms with Gasteiger partial charge in [-0.2, -0.15) is 0 Å². The Balaban J connectivity index is 1.64. The molecule has 1 saturated carbocycles. The maximum absolute atomic E-state index is 12.7. The molecule has 1 aliphatic heterocycles. The quantitative estimate of drug-likeness (QED) is 0.904. The van der Waals surface area contributed by atoms with E-state index in [4.69, 9.17) is 4.74 Å². The van der Waals surface area contributed by atoms with Crippen molar-refractivity contribution in [1.82, 2.24) is 9.88 Å². The summed E-state index contributed by atoms with van der Waals surface area (Å²) in [4.78, 5) is 21.1. The number of anilines is 1. The van der Waals surface area contributed by atoms with Gasteiger partial charge in [0.15, 0.2) is 0 Å². The van der Waals surface area contributed by atoms with E-state index in [9.17, 15) is 9.90 Å². The van der Waals surface area contributed by atoms with E-state index >= 15 is 0 Å². The van der Waals surface area contributed by atoms with Crippen molar-refractivity contribution in [3.05, 3.63) is 23.9 Å². The first-order valence-corrected chi connectivity index (χ1v) is 9.23. The Labute approximate surface area is 149 Å². The number of aliphatic hydroxyl groups is 1. The van der Waals surface area contributed by atoms with Crippen LogP contribution in [0.4, 0.5) is 5.82 Å². The monoisotopic (exact) mass is 347 g/mol. The number of nitrogens with zero attached hydrogens (tertiary/aromatic N) is 3. The zero-order valence-electron chi connectivity index (χ0n) is 15.3. The van der Waals surface area contributed by atoms with Gasteiger partial charge < -0.3 is 19.6 Å². The van der Waals surface area contributed by atoms with E-state index in [1.54, 1.807) is 0 Å². The Bertz CT molecular complexity index is 599. The lowest BCUT2D eigenvalue weighted by molar-refractivity contribution is -0.145. The number of hydrogen-bond donors (Lipinski definition) is 1. The lowest BCUT2D eigenvalue weighted by atomic mass is 9.82. The van der Waals surface area contributed by atoms with E-state index in [1.807, 2.05) is 42.1 Å². The summed E-state index contributed by atoms with van der Waals surface area (Å²) in [6.45, 7) is 1.58.